The van der Waals surface area contributed by atoms with Crippen LogP contribution in [0.2, 0.25) is 0 Å². The van der Waals surface area contributed by atoms with Crippen LogP contribution in [0.1, 0.15) is 30.5 Å². The topological polar surface area (TPSA) is 101 Å². The summed E-state index contributed by atoms with van der Waals surface area (Å²) in [7, 11) is 3.09. The summed E-state index contributed by atoms with van der Waals surface area (Å²) in [5.74, 6) is 0.520. The predicted molar refractivity (Wildman–Crippen MR) is 138 cm³/mol. The molecule has 1 aliphatic rings. The Bertz CT molecular complexity index is 1380. The summed E-state index contributed by atoms with van der Waals surface area (Å²) in [6.07, 6.45) is -4.33. The van der Waals surface area contributed by atoms with Gasteiger partial charge in [0.05, 0.1) is 26.0 Å². The molecule has 3 amide bonds. The molecule has 204 valence electrons. The average Bonchev–Trinajstić information content (AvgIpc) is 3.35. The normalized spacial score (nSPS) is 14.9. The first-order chi connectivity index (χ1) is 18.6. The van der Waals surface area contributed by atoms with Crippen molar-refractivity contribution in [1.82, 2.24) is 5.01 Å². The summed E-state index contributed by atoms with van der Waals surface area (Å²) < 4.78 is 51.4. The van der Waals surface area contributed by atoms with Gasteiger partial charge in [0.1, 0.15) is 5.75 Å². The maximum absolute atomic E-state index is 12.4. The molecule has 0 radical (unpaired) electrons. The van der Waals surface area contributed by atoms with Crippen LogP contribution in [0.4, 0.5) is 29.3 Å². The molecule has 4 rings (SSSR count). The SMILES string of the molecule is COc1ccc(C2=NN(C(C)=O)C(c3ccc(NC(=O)Nc4ccc(OC(F)(F)F)cc4)cc3)C2)cc1OC. The van der Waals surface area contributed by atoms with E-state index in [0.717, 1.165) is 23.3 Å². The van der Waals surface area contributed by atoms with E-state index >= 15 is 0 Å². The Morgan fingerprint density at radius 2 is 1.49 bits per heavy atom. The van der Waals surface area contributed by atoms with Crippen LogP contribution in [-0.2, 0) is 4.79 Å². The van der Waals surface area contributed by atoms with Gasteiger partial charge in [-0.05, 0) is 60.2 Å². The molecule has 39 heavy (non-hydrogen) atoms. The molecule has 2 N–H and O–H groups in total. The lowest BCUT2D eigenvalue weighted by Gasteiger charge is -2.20. The quantitative estimate of drug-likeness (QED) is 0.385. The van der Waals surface area contributed by atoms with E-state index in [0.29, 0.717) is 29.3 Å². The van der Waals surface area contributed by atoms with E-state index in [1.807, 2.05) is 6.07 Å². The zero-order chi connectivity index (χ0) is 28.2. The molecule has 1 aliphatic heterocycles. The zero-order valence-corrected chi connectivity index (χ0v) is 21.2. The van der Waals surface area contributed by atoms with Crippen molar-refractivity contribution in [3.8, 4) is 17.2 Å². The lowest BCUT2D eigenvalue weighted by molar-refractivity contribution is -0.274. The number of carbonyl (C=O) groups excluding carboxylic acids is 2. The second-order valence-electron chi connectivity index (χ2n) is 8.47. The Kier molecular flexibility index (Phi) is 7.93. The molecular formula is C27H25F3N4O5. The van der Waals surface area contributed by atoms with E-state index in [-0.39, 0.29) is 17.6 Å². The highest BCUT2D eigenvalue weighted by Gasteiger charge is 2.32. The van der Waals surface area contributed by atoms with Gasteiger partial charge in [0.2, 0.25) is 5.91 Å². The molecule has 3 aromatic rings. The maximum Gasteiger partial charge on any atom is 0.573 e. The van der Waals surface area contributed by atoms with Crippen LogP contribution in [-0.4, -0.2) is 43.2 Å². The number of ether oxygens (including phenoxy) is 3. The fourth-order valence-corrected chi connectivity index (χ4v) is 4.07. The van der Waals surface area contributed by atoms with Gasteiger partial charge in [0.15, 0.2) is 11.5 Å². The molecule has 0 spiro atoms. The number of hydrogen-bond donors (Lipinski definition) is 2. The first kappa shape index (κ1) is 27.3. The van der Waals surface area contributed by atoms with Gasteiger partial charge in [0.25, 0.3) is 0 Å². The molecule has 0 aromatic heterocycles. The van der Waals surface area contributed by atoms with E-state index in [4.69, 9.17) is 9.47 Å². The van der Waals surface area contributed by atoms with Crippen LogP contribution >= 0.6 is 0 Å². The van der Waals surface area contributed by atoms with Gasteiger partial charge < -0.3 is 24.8 Å². The number of halogens is 3. The van der Waals surface area contributed by atoms with Gasteiger partial charge in [-0.3, -0.25) is 4.79 Å². The standard InChI is InChI=1S/C27H25F3N4O5/c1-16(35)34-23(15-22(33-34)18-6-13-24(37-2)25(14-18)38-3)17-4-7-19(8-5-17)31-26(36)32-20-9-11-21(12-10-20)39-27(28,29)30/h4-14,23H,15H2,1-3H3,(H2,31,32,36). The molecule has 0 fully saturated rings. The van der Waals surface area contributed by atoms with Gasteiger partial charge >= 0.3 is 12.4 Å². The molecule has 3 aromatic carbocycles. The Hall–Kier alpha value is -4.74. The average molecular weight is 543 g/mol. The van der Waals surface area contributed by atoms with E-state index in [1.165, 1.54) is 24.1 Å². The first-order valence-corrected chi connectivity index (χ1v) is 11.7. The zero-order valence-electron chi connectivity index (χ0n) is 21.2. The van der Waals surface area contributed by atoms with Crippen molar-refractivity contribution < 1.29 is 37.0 Å². The third-order valence-electron chi connectivity index (χ3n) is 5.85. The van der Waals surface area contributed by atoms with E-state index < -0.39 is 18.1 Å². The second-order valence-corrected chi connectivity index (χ2v) is 8.47. The predicted octanol–water partition coefficient (Wildman–Crippen LogP) is 5.94. The number of rotatable bonds is 7. The molecule has 12 heteroatoms. The minimum atomic E-state index is -4.80. The Morgan fingerprint density at radius 3 is 2.03 bits per heavy atom. The lowest BCUT2D eigenvalue weighted by Crippen LogP contribution is -2.24. The summed E-state index contributed by atoms with van der Waals surface area (Å²) in [5.41, 5.74) is 3.08. The number of urea groups is 1. The fraction of sp³-hybridized carbons (Fsp3) is 0.222. The lowest BCUT2D eigenvalue weighted by atomic mass is 9.98. The Labute approximate surface area is 222 Å². The second kappa shape index (κ2) is 11.3. The third-order valence-corrected chi connectivity index (χ3v) is 5.85. The smallest absolute Gasteiger partial charge is 0.493 e. The van der Waals surface area contributed by atoms with Gasteiger partial charge in [0, 0.05) is 30.3 Å². The molecule has 0 aliphatic carbocycles. The van der Waals surface area contributed by atoms with Crippen LogP contribution in [0.25, 0.3) is 0 Å². The molecule has 9 nitrogen and oxygen atoms in total. The maximum atomic E-state index is 12.4. The Balaban J connectivity index is 1.41. The molecule has 1 unspecified atom stereocenters. The number of amides is 3. The highest BCUT2D eigenvalue weighted by molar-refractivity contribution is 6.03. The minimum Gasteiger partial charge on any atom is -0.493 e. The van der Waals surface area contributed by atoms with Gasteiger partial charge in [-0.1, -0.05) is 12.1 Å². The van der Waals surface area contributed by atoms with Crippen molar-refractivity contribution in [3.63, 3.8) is 0 Å². The highest BCUT2D eigenvalue weighted by atomic mass is 19.4. The van der Waals surface area contributed by atoms with E-state index in [1.54, 1.807) is 50.6 Å². The van der Waals surface area contributed by atoms with Crippen molar-refractivity contribution in [2.24, 2.45) is 5.10 Å². The number of anilines is 2. The van der Waals surface area contributed by atoms with Crippen molar-refractivity contribution in [3.05, 3.63) is 77.9 Å². The number of hydrazone groups is 1. The molecular weight excluding hydrogens is 517 g/mol. The van der Waals surface area contributed by atoms with Crippen LogP contribution in [0.15, 0.2) is 71.8 Å². The summed E-state index contributed by atoms with van der Waals surface area (Å²) in [6.45, 7) is 1.44. The highest BCUT2D eigenvalue weighted by Crippen LogP contribution is 2.35. The third kappa shape index (κ3) is 6.78. The van der Waals surface area contributed by atoms with Crippen molar-refractivity contribution in [1.29, 1.82) is 0 Å². The number of alkyl halides is 3. The van der Waals surface area contributed by atoms with Gasteiger partial charge in [-0.2, -0.15) is 5.10 Å². The number of carbonyl (C=O) groups is 2. The summed E-state index contributed by atoms with van der Waals surface area (Å²) in [5, 5.41) is 11.2. The van der Waals surface area contributed by atoms with Crippen LogP contribution in [0.3, 0.4) is 0 Å². The number of nitrogens with one attached hydrogen (secondary N) is 2. The van der Waals surface area contributed by atoms with Crippen LogP contribution in [0, 0.1) is 0 Å². The number of nitrogens with zero attached hydrogens (tertiary/aromatic N) is 2. The molecule has 1 heterocycles. The van der Waals surface area contributed by atoms with E-state index in [9.17, 15) is 22.8 Å². The molecule has 0 saturated carbocycles. The van der Waals surface area contributed by atoms with Crippen molar-refractivity contribution >= 4 is 29.0 Å². The summed E-state index contributed by atoms with van der Waals surface area (Å²) >= 11 is 0. The largest absolute Gasteiger partial charge is 0.573 e. The fourth-order valence-electron chi connectivity index (χ4n) is 4.07. The summed E-state index contributed by atoms with van der Waals surface area (Å²) in [6, 6.07) is 16.2. The minimum absolute atomic E-state index is 0.219. The monoisotopic (exact) mass is 542 g/mol. The van der Waals surface area contributed by atoms with E-state index in [2.05, 4.69) is 20.5 Å². The van der Waals surface area contributed by atoms with Crippen LogP contribution < -0.4 is 24.8 Å². The van der Waals surface area contributed by atoms with Crippen molar-refractivity contribution in [2.45, 2.75) is 25.7 Å². The Morgan fingerprint density at radius 1 is 0.897 bits per heavy atom. The van der Waals surface area contributed by atoms with Crippen molar-refractivity contribution in [2.75, 3.05) is 24.9 Å². The van der Waals surface area contributed by atoms with Crippen LogP contribution in [0.5, 0.6) is 17.2 Å². The first-order valence-electron chi connectivity index (χ1n) is 11.7. The summed E-state index contributed by atoms with van der Waals surface area (Å²) in [4.78, 5) is 24.7. The number of hydrogen-bond acceptors (Lipinski definition) is 6. The van der Waals surface area contributed by atoms with Gasteiger partial charge in [-0.15, -0.1) is 13.2 Å². The molecule has 0 saturated heterocycles. The number of benzene rings is 3. The number of methoxy groups -OCH3 is 2. The molecule has 0 bridgehead atoms. The molecule has 1 atom stereocenters. The van der Waals surface area contributed by atoms with Gasteiger partial charge in [-0.25, -0.2) is 9.80 Å².